The Balaban J connectivity index is 1.56. The molecule has 0 bridgehead atoms. The van der Waals surface area contributed by atoms with E-state index in [1.54, 1.807) is 6.20 Å². The van der Waals surface area contributed by atoms with E-state index in [2.05, 4.69) is 30.6 Å². The zero-order chi connectivity index (χ0) is 22.9. The number of pyridine rings is 1. The Bertz CT molecular complexity index is 1250. The smallest absolute Gasteiger partial charge is 0.418 e. The molecule has 3 heterocycles. The third-order valence-electron chi connectivity index (χ3n) is 4.28. The van der Waals surface area contributed by atoms with Crippen LogP contribution in [0.25, 0.3) is 11.0 Å². The van der Waals surface area contributed by atoms with E-state index < -0.39 is 46.3 Å². The van der Waals surface area contributed by atoms with Gasteiger partial charge < -0.3 is 25.3 Å². The van der Waals surface area contributed by atoms with Crippen LogP contribution in [0, 0.1) is 11.6 Å². The van der Waals surface area contributed by atoms with Crippen molar-refractivity contribution in [2.24, 2.45) is 0 Å². The second-order valence-electron chi connectivity index (χ2n) is 6.45. The maximum absolute atomic E-state index is 14.5. The number of carbonyl (C=O) groups is 1. The number of anilines is 1. The van der Waals surface area contributed by atoms with Crippen LogP contribution >= 0.6 is 0 Å². The number of benzene rings is 1. The fraction of sp³-hybridized carbons (Fsp3) is 0.105. The van der Waals surface area contributed by atoms with Gasteiger partial charge in [0.1, 0.15) is 17.2 Å². The summed E-state index contributed by atoms with van der Waals surface area (Å²) in [6.45, 7) is 0.0429. The molecular weight excluding hydrogens is 439 g/mol. The quantitative estimate of drug-likeness (QED) is 0.329. The average Bonchev–Trinajstić information content (AvgIpc) is 3.39. The van der Waals surface area contributed by atoms with Crippen molar-refractivity contribution >= 4 is 22.8 Å². The third-order valence-corrected chi connectivity index (χ3v) is 4.28. The van der Waals surface area contributed by atoms with Gasteiger partial charge in [0.2, 0.25) is 0 Å². The Kier molecular flexibility index (Phi) is 5.38. The summed E-state index contributed by atoms with van der Waals surface area (Å²) in [5, 5.41) is 4.19. The lowest BCUT2D eigenvalue weighted by Gasteiger charge is -2.13. The van der Waals surface area contributed by atoms with Crippen LogP contribution in [-0.2, 0) is 12.7 Å². The number of amides is 2. The van der Waals surface area contributed by atoms with Gasteiger partial charge >= 0.3 is 12.2 Å². The zero-order valence-electron chi connectivity index (χ0n) is 15.8. The summed E-state index contributed by atoms with van der Waals surface area (Å²) in [5.41, 5.74) is -1.49. The molecule has 0 saturated heterocycles. The van der Waals surface area contributed by atoms with Crippen molar-refractivity contribution < 1.29 is 31.5 Å². The van der Waals surface area contributed by atoms with Crippen LogP contribution in [0.3, 0.4) is 0 Å². The molecule has 0 unspecified atom stereocenters. The van der Waals surface area contributed by atoms with Gasteiger partial charge in [-0.3, -0.25) is 0 Å². The maximum Gasteiger partial charge on any atom is 0.418 e. The van der Waals surface area contributed by atoms with Crippen LogP contribution in [0.1, 0.15) is 11.4 Å². The molecule has 0 spiro atoms. The highest BCUT2D eigenvalue weighted by Gasteiger charge is 2.35. The summed E-state index contributed by atoms with van der Waals surface area (Å²) < 4.78 is 73.9. The second kappa shape index (κ2) is 8.17. The number of nitrogens with one attached hydrogen (secondary N) is 4. The molecule has 4 rings (SSSR count). The van der Waals surface area contributed by atoms with Crippen LogP contribution in [0.15, 0.2) is 43.0 Å². The number of fused-ring (bicyclic) bond motifs is 1. The number of ether oxygens (including phenoxy) is 1. The number of aromatic amines is 2. The third kappa shape index (κ3) is 4.31. The molecule has 0 saturated carbocycles. The van der Waals surface area contributed by atoms with Gasteiger partial charge in [-0.1, -0.05) is 0 Å². The maximum atomic E-state index is 14.5. The fourth-order valence-electron chi connectivity index (χ4n) is 2.91. The van der Waals surface area contributed by atoms with Gasteiger partial charge in [-0.15, -0.1) is 0 Å². The standard InChI is InChI=1S/C19H13F5N6O2/c20-11-5-9(30-18(31)29-8-14-25-3-4-26-14)6-12(21)16(11)32-13-1-2-27-17-15(13)10(7-28-17)19(22,23)24/h1-7H,8H2,(H,25,26)(H,27,28)(H2,29,30,31). The largest absolute Gasteiger partial charge is 0.450 e. The molecule has 13 heteroatoms. The normalized spacial score (nSPS) is 11.5. The van der Waals surface area contributed by atoms with Crippen molar-refractivity contribution in [2.45, 2.75) is 12.7 Å². The van der Waals surface area contributed by atoms with Gasteiger partial charge in [0.15, 0.2) is 17.4 Å². The minimum absolute atomic E-state index is 0.0429. The highest BCUT2D eigenvalue weighted by atomic mass is 19.4. The van der Waals surface area contributed by atoms with Gasteiger partial charge in [0.25, 0.3) is 0 Å². The summed E-state index contributed by atoms with van der Waals surface area (Å²) in [6.07, 6.45) is 0.114. The van der Waals surface area contributed by atoms with E-state index >= 15 is 0 Å². The molecule has 0 aliphatic carbocycles. The SMILES string of the molecule is O=C(NCc1ncc[nH]1)Nc1cc(F)c(Oc2ccnc3[nH]cc(C(F)(F)F)c23)c(F)c1. The van der Waals surface area contributed by atoms with Crippen molar-refractivity contribution in [3.05, 3.63) is 66.0 Å². The van der Waals surface area contributed by atoms with Crippen LogP contribution in [0.2, 0.25) is 0 Å². The highest BCUT2D eigenvalue weighted by Crippen LogP contribution is 2.40. The van der Waals surface area contributed by atoms with Crippen molar-refractivity contribution in [3.8, 4) is 11.5 Å². The zero-order valence-corrected chi connectivity index (χ0v) is 15.8. The minimum atomic E-state index is -4.74. The van der Waals surface area contributed by atoms with Crippen molar-refractivity contribution in [1.29, 1.82) is 0 Å². The van der Waals surface area contributed by atoms with Gasteiger partial charge in [-0.25, -0.2) is 23.5 Å². The first-order valence-corrected chi connectivity index (χ1v) is 8.95. The summed E-state index contributed by atoms with van der Waals surface area (Å²) in [7, 11) is 0. The molecule has 0 fully saturated rings. The first-order valence-electron chi connectivity index (χ1n) is 8.95. The molecule has 0 atom stereocenters. The number of aromatic nitrogens is 4. The molecule has 4 N–H and O–H groups in total. The summed E-state index contributed by atoms with van der Waals surface area (Å²) in [6, 6.07) is 1.83. The lowest BCUT2D eigenvalue weighted by atomic mass is 10.2. The number of imidazole rings is 1. The van der Waals surface area contributed by atoms with E-state index in [-0.39, 0.29) is 17.9 Å². The van der Waals surface area contributed by atoms with Crippen LogP contribution < -0.4 is 15.4 Å². The topological polar surface area (TPSA) is 108 Å². The average molecular weight is 452 g/mol. The van der Waals surface area contributed by atoms with Gasteiger partial charge in [-0.05, 0) is 6.07 Å². The molecular formula is C19H13F5N6O2. The van der Waals surface area contributed by atoms with E-state index in [0.29, 0.717) is 12.0 Å². The fourth-order valence-corrected chi connectivity index (χ4v) is 2.91. The monoisotopic (exact) mass is 452 g/mol. The molecule has 32 heavy (non-hydrogen) atoms. The molecule has 4 aromatic rings. The lowest BCUT2D eigenvalue weighted by molar-refractivity contribution is -0.136. The highest BCUT2D eigenvalue weighted by molar-refractivity contribution is 5.89. The number of halogens is 5. The molecule has 0 aliphatic rings. The van der Waals surface area contributed by atoms with Gasteiger partial charge in [0.05, 0.1) is 17.5 Å². The number of carbonyl (C=O) groups excluding carboxylic acids is 1. The van der Waals surface area contributed by atoms with Crippen molar-refractivity contribution in [3.63, 3.8) is 0 Å². The molecule has 166 valence electrons. The van der Waals surface area contributed by atoms with Crippen LogP contribution in [-0.4, -0.2) is 26.0 Å². The number of H-pyrrole nitrogens is 2. The van der Waals surface area contributed by atoms with E-state index in [4.69, 9.17) is 4.74 Å². The molecule has 3 aromatic heterocycles. The predicted octanol–water partition coefficient (Wildman–Crippen LogP) is 4.70. The van der Waals surface area contributed by atoms with Crippen molar-refractivity contribution in [1.82, 2.24) is 25.3 Å². The molecule has 2 amide bonds. The van der Waals surface area contributed by atoms with Crippen LogP contribution in [0.5, 0.6) is 11.5 Å². The predicted molar refractivity (Wildman–Crippen MR) is 102 cm³/mol. The second-order valence-corrected chi connectivity index (χ2v) is 6.45. The number of hydrogen-bond donors (Lipinski definition) is 4. The number of alkyl halides is 3. The summed E-state index contributed by atoms with van der Waals surface area (Å²) in [4.78, 5) is 24.7. The number of rotatable bonds is 5. The Hall–Kier alpha value is -4.16. The Morgan fingerprint density at radius 3 is 2.50 bits per heavy atom. The van der Waals surface area contributed by atoms with Crippen molar-refractivity contribution in [2.75, 3.05) is 5.32 Å². The van der Waals surface area contributed by atoms with Gasteiger partial charge in [0, 0.05) is 42.6 Å². The first-order chi connectivity index (χ1) is 15.2. The lowest BCUT2D eigenvalue weighted by Crippen LogP contribution is -2.28. The Morgan fingerprint density at radius 1 is 1.09 bits per heavy atom. The molecule has 8 nitrogen and oxygen atoms in total. The Labute approximate surface area is 175 Å². The van der Waals surface area contributed by atoms with E-state index in [9.17, 15) is 26.7 Å². The summed E-state index contributed by atoms with van der Waals surface area (Å²) >= 11 is 0. The van der Waals surface area contributed by atoms with Gasteiger partial charge in [-0.2, -0.15) is 13.2 Å². The minimum Gasteiger partial charge on any atom is -0.450 e. The molecule has 1 aromatic carbocycles. The van der Waals surface area contributed by atoms with E-state index in [0.717, 1.165) is 24.4 Å². The van der Waals surface area contributed by atoms with E-state index in [1.165, 1.54) is 6.20 Å². The number of nitrogens with zero attached hydrogens (tertiary/aromatic N) is 2. The van der Waals surface area contributed by atoms with Crippen LogP contribution in [0.4, 0.5) is 32.4 Å². The summed E-state index contributed by atoms with van der Waals surface area (Å²) in [5.74, 6) is -3.39. The molecule has 0 radical (unpaired) electrons. The first kappa shape index (κ1) is 21.1. The number of hydrogen-bond acceptors (Lipinski definition) is 4. The Morgan fingerprint density at radius 2 is 1.84 bits per heavy atom. The number of urea groups is 1. The van der Waals surface area contributed by atoms with E-state index in [1.807, 2.05) is 0 Å². The molecule has 0 aliphatic heterocycles.